The summed E-state index contributed by atoms with van der Waals surface area (Å²) in [7, 11) is 1.85. The Bertz CT molecular complexity index is 930. The highest BCUT2D eigenvalue weighted by molar-refractivity contribution is 8.00. The zero-order valence-corrected chi connectivity index (χ0v) is 16.8. The molecule has 1 aliphatic carbocycles. The lowest BCUT2D eigenvalue weighted by Crippen LogP contribution is -1.90. The first-order valence-electron chi connectivity index (χ1n) is 8.72. The van der Waals surface area contributed by atoms with Gasteiger partial charge >= 0.3 is 0 Å². The number of hydrogen-bond donors (Lipinski definition) is 1. The monoisotopic (exact) mass is 419 g/mol. The van der Waals surface area contributed by atoms with Gasteiger partial charge in [0.1, 0.15) is 17.3 Å². The summed E-state index contributed by atoms with van der Waals surface area (Å²) in [5, 5.41) is 3.96. The summed E-state index contributed by atoms with van der Waals surface area (Å²) in [5.41, 5.74) is 2.14. The summed E-state index contributed by atoms with van der Waals surface area (Å²) in [6.45, 7) is 0. The maximum Gasteiger partial charge on any atom is 0.183 e. The van der Waals surface area contributed by atoms with E-state index in [1.54, 1.807) is 47.5 Å². The van der Waals surface area contributed by atoms with Gasteiger partial charge in [-0.3, -0.25) is 9.78 Å². The molecule has 3 aromatic rings. The predicted molar refractivity (Wildman–Crippen MR) is 109 cm³/mol. The summed E-state index contributed by atoms with van der Waals surface area (Å²) in [5.74, 6) is 0.0416. The number of carbonyl (C=O) groups is 1. The van der Waals surface area contributed by atoms with Gasteiger partial charge in [-0.25, -0.2) is 13.8 Å². The predicted octanol–water partition coefficient (Wildman–Crippen LogP) is 5.53. The first kappa shape index (κ1) is 20.4. The van der Waals surface area contributed by atoms with Crippen LogP contribution in [0.3, 0.4) is 0 Å². The van der Waals surface area contributed by atoms with Crippen LogP contribution in [0.5, 0.6) is 0 Å². The van der Waals surface area contributed by atoms with E-state index in [0.29, 0.717) is 22.9 Å². The van der Waals surface area contributed by atoms with Crippen LogP contribution in [-0.2, 0) is 5.75 Å². The second kappa shape index (κ2) is 9.75. The van der Waals surface area contributed by atoms with Gasteiger partial charge in [0, 0.05) is 31.0 Å². The molecule has 0 atom stereocenters. The van der Waals surface area contributed by atoms with E-state index in [0.717, 1.165) is 27.4 Å². The zero-order chi connectivity index (χ0) is 19.9. The summed E-state index contributed by atoms with van der Waals surface area (Å²) in [6, 6.07) is 8.95. The van der Waals surface area contributed by atoms with Gasteiger partial charge in [-0.2, -0.15) is 0 Å². The number of aldehydes is 1. The Balaban J connectivity index is 0.000000236. The van der Waals surface area contributed by atoms with Gasteiger partial charge in [0.05, 0.1) is 9.90 Å². The van der Waals surface area contributed by atoms with Gasteiger partial charge in [-0.05, 0) is 36.6 Å². The fourth-order valence-corrected chi connectivity index (χ4v) is 4.64. The Kier molecular flexibility index (Phi) is 7.11. The van der Waals surface area contributed by atoms with Crippen molar-refractivity contribution in [1.29, 1.82) is 0 Å². The van der Waals surface area contributed by atoms with E-state index in [1.807, 2.05) is 7.05 Å². The quantitative estimate of drug-likeness (QED) is 0.421. The van der Waals surface area contributed by atoms with Crippen molar-refractivity contribution in [2.24, 2.45) is 0 Å². The van der Waals surface area contributed by atoms with E-state index in [2.05, 4.69) is 15.3 Å². The minimum Gasteiger partial charge on any atom is -0.365 e. The van der Waals surface area contributed by atoms with E-state index in [9.17, 15) is 13.6 Å². The molecule has 0 spiro atoms. The SMILES string of the molecule is CNc1nc(C2CC2)c(SCc2ccc(F)cc2F)s1.O=Cc1ccccn1. The molecule has 4 rings (SSSR count). The van der Waals surface area contributed by atoms with E-state index >= 15 is 0 Å². The number of aromatic nitrogens is 2. The summed E-state index contributed by atoms with van der Waals surface area (Å²) in [6.07, 6.45) is 4.68. The molecule has 0 radical (unpaired) electrons. The van der Waals surface area contributed by atoms with Crippen LogP contribution < -0.4 is 5.32 Å². The van der Waals surface area contributed by atoms with Crippen molar-refractivity contribution in [2.75, 3.05) is 12.4 Å². The summed E-state index contributed by atoms with van der Waals surface area (Å²) in [4.78, 5) is 18.2. The minimum absolute atomic E-state index is 0.479. The fourth-order valence-electron chi connectivity index (χ4n) is 2.37. The molecular formula is C20H19F2N3OS2. The van der Waals surface area contributed by atoms with Crippen molar-refractivity contribution in [1.82, 2.24) is 9.97 Å². The smallest absolute Gasteiger partial charge is 0.183 e. The Morgan fingerprint density at radius 3 is 2.68 bits per heavy atom. The number of halogens is 2. The van der Waals surface area contributed by atoms with Crippen LogP contribution in [0, 0.1) is 11.6 Å². The lowest BCUT2D eigenvalue weighted by molar-refractivity contribution is 0.111. The van der Waals surface area contributed by atoms with Gasteiger partial charge in [0.15, 0.2) is 11.4 Å². The molecule has 1 fully saturated rings. The van der Waals surface area contributed by atoms with Crippen LogP contribution in [0.1, 0.15) is 40.5 Å². The highest BCUT2D eigenvalue weighted by atomic mass is 32.2. The summed E-state index contributed by atoms with van der Waals surface area (Å²) < 4.78 is 27.6. The molecule has 4 nitrogen and oxygen atoms in total. The number of nitrogens with one attached hydrogen (secondary N) is 1. The van der Waals surface area contributed by atoms with Crippen LogP contribution in [0.25, 0.3) is 0 Å². The number of anilines is 1. The largest absolute Gasteiger partial charge is 0.365 e. The van der Waals surface area contributed by atoms with E-state index in [4.69, 9.17) is 0 Å². The summed E-state index contributed by atoms with van der Waals surface area (Å²) >= 11 is 3.18. The highest BCUT2D eigenvalue weighted by Gasteiger charge is 2.29. The van der Waals surface area contributed by atoms with Gasteiger partial charge in [0.25, 0.3) is 0 Å². The Hall–Kier alpha value is -2.32. The number of hydrogen-bond acceptors (Lipinski definition) is 6. The second-order valence-corrected chi connectivity index (χ2v) is 8.36. The maximum atomic E-state index is 13.6. The Morgan fingerprint density at radius 1 is 1.29 bits per heavy atom. The third-order valence-corrected chi connectivity index (χ3v) is 6.39. The van der Waals surface area contributed by atoms with E-state index < -0.39 is 11.6 Å². The Labute approximate surface area is 170 Å². The average Bonchev–Trinajstić information content (AvgIpc) is 3.48. The number of nitrogens with zero attached hydrogens (tertiary/aromatic N) is 2. The van der Waals surface area contributed by atoms with Crippen LogP contribution in [0.4, 0.5) is 13.9 Å². The number of pyridine rings is 1. The molecule has 2 aromatic heterocycles. The topological polar surface area (TPSA) is 54.9 Å². The number of benzene rings is 1. The number of carbonyl (C=O) groups excluding carboxylic acids is 1. The molecule has 0 unspecified atom stereocenters. The van der Waals surface area contributed by atoms with E-state index in [1.165, 1.54) is 25.0 Å². The van der Waals surface area contributed by atoms with Crippen molar-refractivity contribution in [2.45, 2.75) is 28.7 Å². The van der Waals surface area contributed by atoms with Crippen LogP contribution in [0.15, 0.2) is 46.8 Å². The van der Waals surface area contributed by atoms with Crippen molar-refractivity contribution >= 4 is 34.5 Å². The third kappa shape index (κ3) is 5.59. The van der Waals surface area contributed by atoms with Gasteiger partial charge in [-0.1, -0.05) is 23.5 Å². The molecule has 1 aromatic carbocycles. The zero-order valence-electron chi connectivity index (χ0n) is 15.2. The maximum absolute atomic E-state index is 13.6. The number of thiazole rings is 1. The van der Waals surface area contributed by atoms with Crippen LogP contribution in [0.2, 0.25) is 0 Å². The molecule has 1 N–H and O–H groups in total. The minimum atomic E-state index is -0.537. The molecule has 146 valence electrons. The van der Waals surface area contributed by atoms with E-state index in [-0.39, 0.29) is 0 Å². The lowest BCUT2D eigenvalue weighted by atomic mass is 10.2. The molecule has 0 saturated heterocycles. The lowest BCUT2D eigenvalue weighted by Gasteiger charge is -2.03. The standard InChI is InChI=1S/C14H14F2N2S2.C6H5NO/c1-17-14-18-12(8-2-3-8)13(20-14)19-7-9-4-5-10(15)6-11(9)16;8-5-6-3-1-2-4-7-6/h4-6,8H,2-3,7H2,1H3,(H,17,18);1-5H. The second-order valence-electron chi connectivity index (χ2n) is 6.11. The molecule has 8 heteroatoms. The third-order valence-electron chi connectivity index (χ3n) is 3.98. The van der Waals surface area contributed by atoms with Gasteiger partial charge < -0.3 is 5.32 Å². The number of rotatable bonds is 6. The van der Waals surface area contributed by atoms with Crippen LogP contribution in [-0.4, -0.2) is 23.3 Å². The first-order valence-corrected chi connectivity index (χ1v) is 10.5. The molecule has 1 aliphatic rings. The Morgan fingerprint density at radius 2 is 2.11 bits per heavy atom. The molecule has 0 aliphatic heterocycles. The number of thioether (sulfide) groups is 1. The van der Waals surface area contributed by atoms with Crippen molar-refractivity contribution < 1.29 is 13.6 Å². The van der Waals surface area contributed by atoms with Gasteiger partial charge in [-0.15, -0.1) is 11.8 Å². The average molecular weight is 420 g/mol. The molecule has 0 bridgehead atoms. The normalized spacial score (nSPS) is 12.8. The first-order chi connectivity index (χ1) is 13.6. The molecular weight excluding hydrogens is 400 g/mol. The molecule has 28 heavy (non-hydrogen) atoms. The fraction of sp³-hybridized carbons (Fsp3) is 0.250. The highest BCUT2D eigenvalue weighted by Crippen LogP contribution is 2.47. The molecule has 0 amide bonds. The van der Waals surface area contributed by atoms with Crippen molar-refractivity contribution in [3.05, 3.63) is 71.2 Å². The molecule has 1 saturated carbocycles. The van der Waals surface area contributed by atoms with Gasteiger partial charge in [0.2, 0.25) is 0 Å². The van der Waals surface area contributed by atoms with Crippen molar-refractivity contribution in [3.63, 3.8) is 0 Å². The molecule has 2 heterocycles. The van der Waals surface area contributed by atoms with Crippen molar-refractivity contribution in [3.8, 4) is 0 Å². The van der Waals surface area contributed by atoms with Crippen LogP contribution >= 0.6 is 23.1 Å².